The van der Waals surface area contributed by atoms with E-state index in [0.29, 0.717) is 6.42 Å². The lowest BCUT2D eigenvalue weighted by atomic mass is 10.0. The Hall–Kier alpha value is -2.49. The van der Waals surface area contributed by atoms with Crippen molar-refractivity contribution < 1.29 is 23.1 Å². The fourth-order valence-corrected chi connectivity index (χ4v) is 1.89. The van der Waals surface area contributed by atoms with Crippen molar-refractivity contribution in [3.8, 4) is 6.07 Å². The maximum atomic E-state index is 12.5. The second-order valence-corrected chi connectivity index (χ2v) is 5.23. The second-order valence-electron chi connectivity index (χ2n) is 5.23. The van der Waals surface area contributed by atoms with Crippen molar-refractivity contribution in [3.63, 3.8) is 0 Å². The largest absolute Gasteiger partial charge is 0.511 e. The van der Waals surface area contributed by atoms with Gasteiger partial charge >= 0.3 is 6.18 Å². The highest BCUT2D eigenvalue weighted by molar-refractivity contribution is 5.98. The molecule has 0 spiro atoms. The van der Waals surface area contributed by atoms with Gasteiger partial charge in [-0.25, -0.2) is 0 Å². The topological polar surface area (TPSA) is 73.1 Å². The molecule has 1 rings (SSSR count). The molecule has 0 bridgehead atoms. The summed E-state index contributed by atoms with van der Waals surface area (Å²) < 4.78 is 37.5. The van der Waals surface area contributed by atoms with Gasteiger partial charge < -0.3 is 10.4 Å². The summed E-state index contributed by atoms with van der Waals surface area (Å²) >= 11 is 0. The van der Waals surface area contributed by atoms with E-state index in [1.807, 2.05) is 0 Å². The van der Waals surface area contributed by atoms with Crippen LogP contribution in [0.3, 0.4) is 0 Å². The number of hydrogen-bond donors (Lipinski definition) is 2. The zero-order chi connectivity index (χ0) is 17.6. The summed E-state index contributed by atoms with van der Waals surface area (Å²) in [6.07, 6.45) is -2.05. The van der Waals surface area contributed by atoms with Crippen molar-refractivity contribution in [1.82, 2.24) is 5.32 Å². The average Bonchev–Trinajstić information content (AvgIpc) is 2.45. The number of amides is 1. The molecule has 0 radical (unpaired) electrons. The number of carbonyl (C=O) groups is 1. The summed E-state index contributed by atoms with van der Waals surface area (Å²) in [4.78, 5) is 11.9. The van der Waals surface area contributed by atoms with Gasteiger partial charge in [0, 0.05) is 17.7 Å². The fraction of sp³-hybridized carbons (Fsp3) is 0.375. The first kappa shape index (κ1) is 18.6. The normalized spacial score (nSPS) is 15.8. The van der Waals surface area contributed by atoms with Gasteiger partial charge in [-0.1, -0.05) is 11.6 Å². The lowest BCUT2D eigenvalue weighted by molar-refractivity contribution is -0.116. The molecule has 0 fully saturated rings. The van der Waals surface area contributed by atoms with Crippen LogP contribution in [-0.2, 0) is 4.79 Å². The minimum absolute atomic E-state index is 0.00230. The third-order valence-electron chi connectivity index (χ3n) is 3.20. The van der Waals surface area contributed by atoms with E-state index in [-0.39, 0.29) is 30.7 Å². The summed E-state index contributed by atoms with van der Waals surface area (Å²) in [5, 5.41) is 21.1. The molecule has 1 amide bonds. The van der Waals surface area contributed by atoms with Crippen LogP contribution < -0.4 is 5.32 Å². The molecule has 0 aromatic carbocycles. The quantitative estimate of drug-likeness (QED) is 0.347. The van der Waals surface area contributed by atoms with Gasteiger partial charge in [0.2, 0.25) is 0 Å². The standard InChI is InChI=1S/C16H17F3N2O2/c1-10(2)3-8-14(22)13(9-20)15(23)21-12-6-4-11(5-7-12)16(17,18)19/h4,6,22H,1,3,5,7-8H2,2H3,(H,21,23)/b14-13-. The highest BCUT2D eigenvalue weighted by Gasteiger charge is 2.33. The van der Waals surface area contributed by atoms with Crippen LogP contribution in [0.25, 0.3) is 0 Å². The first-order valence-electron chi connectivity index (χ1n) is 6.90. The molecule has 4 nitrogen and oxygen atoms in total. The average molecular weight is 326 g/mol. The van der Waals surface area contributed by atoms with Crippen molar-refractivity contribution in [2.24, 2.45) is 0 Å². The first-order valence-corrected chi connectivity index (χ1v) is 6.90. The number of aliphatic hydroxyl groups excluding tert-OH is 1. The van der Waals surface area contributed by atoms with Crippen LogP contribution in [0.15, 0.2) is 46.9 Å². The molecule has 0 heterocycles. The third-order valence-corrected chi connectivity index (χ3v) is 3.20. The van der Waals surface area contributed by atoms with Crippen molar-refractivity contribution in [1.29, 1.82) is 5.26 Å². The summed E-state index contributed by atoms with van der Waals surface area (Å²) in [6, 6.07) is 1.61. The lowest BCUT2D eigenvalue weighted by Gasteiger charge is -2.17. The number of halogens is 3. The molecule has 1 aliphatic rings. The molecule has 0 aliphatic heterocycles. The van der Waals surface area contributed by atoms with Crippen LogP contribution in [0.1, 0.15) is 32.6 Å². The first-order chi connectivity index (χ1) is 10.6. The van der Waals surface area contributed by atoms with Crippen molar-refractivity contribution in [2.45, 2.75) is 38.8 Å². The number of carbonyl (C=O) groups excluding carboxylic acids is 1. The van der Waals surface area contributed by atoms with E-state index in [0.717, 1.165) is 17.7 Å². The van der Waals surface area contributed by atoms with E-state index < -0.39 is 23.2 Å². The van der Waals surface area contributed by atoms with Crippen molar-refractivity contribution >= 4 is 5.91 Å². The minimum Gasteiger partial charge on any atom is -0.511 e. The van der Waals surface area contributed by atoms with Crippen LogP contribution in [-0.4, -0.2) is 17.2 Å². The van der Waals surface area contributed by atoms with Gasteiger partial charge in [0.1, 0.15) is 11.8 Å². The van der Waals surface area contributed by atoms with E-state index in [4.69, 9.17) is 5.26 Å². The molecule has 0 unspecified atom stereocenters. The Morgan fingerprint density at radius 3 is 2.48 bits per heavy atom. The van der Waals surface area contributed by atoms with E-state index in [9.17, 15) is 23.1 Å². The maximum Gasteiger partial charge on any atom is 0.412 e. The molecule has 23 heavy (non-hydrogen) atoms. The molecular formula is C16H17F3N2O2. The molecule has 0 saturated carbocycles. The number of alkyl halides is 3. The Balaban J connectivity index is 2.81. The summed E-state index contributed by atoms with van der Waals surface area (Å²) in [6.45, 7) is 5.40. The number of rotatable bonds is 5. The van der Waals surface area contributed by atoms with Crippen molar-refractivity contribution in [3.05, 3.63) is 46.9 Å². The van der Waals surface area contributed by atoms with Crippen LogP contribution in [0.5, 0.6) is 0 Å². The van der Waals surface area contributed by atoms with Gasteiger partial charge in [-0.15, -0.1) is 6.58 Å². The Morgan fingerprint density at radius 1 is 1.39 bits per heavy atom. The van der Waals surface area contributed by atoms with Gasteiger partial charge in [-0.2, -0.15) is 18.4 Å². The Bertz CT molecular complexity index is 635. The third kappa shape index (κ3) is 5.66. The molecule has 0 atom stereocenters. The summed E-state index contributed by atoms with van der Waals surface area (Å²) in [5.41, 5.74) is -0.0638. The van der Waals surface area contributed by atoms with Crippen LogP contribution >= 0.6 is 0 Å². The Kier molecular flexibility index (Phi) is 6.19. The SMILES string of the molecule is C=C(C)CC/C(O)=C(\C#N)C(=O)NC1=CC=C(C(F)(F)F)CC1. The summed E-state index contributed by atoms with van der Waals surface area (Å²) in [7, 11) is 0. The molecule has 7 heteroatoms. The van der Waals surface area contributed by atoms with Crippen LogP contribution in [0, 0.1) is 11.3 Å². The van der Waals surface area contributed by atoms with Gasteiger partial charge in [0.15, 0.2) is 5.57 Å². The molecule has 0 aromatic rings. The predicted octanol–water partition coefficient (Wildman–Crippen LogP) is 3.96. The number of allylic oxidation sites excluding steroid dienone is 6. The van der Waals surface area contributed by atoms with E-state index >= 15 is 0 Å². The van der Waals surface area contributed by atoms with Crippen LogP contribution in [0.2, 0.25) is 0 Å². The zero-order valence-corrected chi connectivity index (χ0v) is 12.6. The zero-order valence-electron chi connectivity index (χ0n) is 12.6. The van der Waals surface area contributed by atoms with Gasteiger partial charge in [0.05, 0.1) is 0 Å². The number of aliphatic hydroxyl groups is 1. The van der Waals surface area contributed by atoms with E-state index in [2.05, 4.69) is 11.9 Å². The monoisotopic (exact) mass is 326 g/mol. The molecule has 1 aliphatic carbocycles. The molecule has 0 aromatic heterocycles. The molecule has 124 valence electrons. The van der Waals surface area contributed by atoms with Crippen LogP contribution in [0.4, 0.5) is 13.2 Å². The number of nitrogens with zero attached hydrogens (tertiary/aromatic N) is 1. The van der Waals surface area contributed by atoms with Gasteiger partial charge in [-0.3, -0.25) is 4.79 Å². The molecular weight excluding hydrogens is 309 g/mol. The maximum absolute atomic E-state index is 12.5. The molecule has 0 saturated heterocycles. The minimum atomic E-state index is -4.38. The summed E-state index contributed by atoms with van der Waals surface area (Å²) in [5.74, 6) is -1.20. The number of hydrogen-bond acceptors (Lipinski definition) is 3. The smallest absolute Gasteiger partial charge is 0.412 e. The van der Waals surface area contributed by atoms with E-state index in [1.54, 1.807) is 13.0 Å². The molecule has 2 N–H and O–H groups in total. The predicted molar refractivity (Wildman–Crippen MR) is 78.9 cm³/mol. The highest BCUT2D eigenvalue weighted by atomic mass is 19.4. The van der Waals surface area contributed by atoms with Gasteiger partial charge in [-0.05, 0) is 32.3 Å². The lowest BCUT2D eigenvalue weighted by Crippen LogP contribution is -2.26. The van der Waals surface area contributed by atoms with Gasteiger partial charge in [0.25, 0.3) is 5.91 Å². The Labute approximate surface area is 132 Å². The van der Waals surface area contributed by atoms with Crippen molar-refractivity contribution in [2.75, 3.05) is 0 Å². The highest BCUT2D eigenvalue weighted by Crippen LogP contribution is 2.32. The Morgan fingerprint density at radius 2 is 2.04 bits per heavy atom. The number of nitrogens with one attached hydrogen (secondary N) is 1. The fourth-order valence-electron chi connectivity index (χ4n) is 1.89. The second kappa shape index (κ2) is 7.68. The number of nitriles is 1. The van der Waals surface area contributed by atoms with E-state index in [1.165, 1.54) is 0 Å².